The van der Waals surface area contributed by atoms with Gasteiger partial charge >= 0.3 is 0 Å². The quantitative estimate of drug-likeness (QED) is 0.457. The van der Waals surface area contributed by atoms with Crippen molar-refractivity contribution >= 4 is 23.4 Å². The van der Waals surface area contributed by atoms with Gasteiger partial charge in [-0.25, -0.2) is 0 Å². The Kier molecular flexibility index (Phi) is 4.42. The van der Waals surface area contributed by atoms with E-state index >= 15 is 0 Å². The lowest BCUT2D eigenvalue weighted by atomic mass is 9.85. The van der Waals surface area contributed by atoms with Crippen molar-refractivity contribution < 1.29 is 19.5 Å². The van der Waals surface area contributed by atoms with Crippen LogP contribution in [0.25, 0.3) is 0 Å². The van der Waals surface area contributed by atoms with Crippen LogP contribution in [0, 0.1) is 23.7 Å². The lowest BCUT2D eigenvalue weighted by Crippen LogP contribution is -2.49. The molecule has 2 aromatic rings. The second-order valence-corrected chi connectivity index (χ2v) is 8.26. The van der Waals surface area contributed by atoms with Gasteiger partial charge in [-0.1, -0.05) is 54.6 Å². The number of allylic oxidation sites excluding steroid dienone is 2. The summed E-state index contributed by atoms with van der Waals surface area (Å²) in [5, 5.41) is 12.7. The molecule has 1 saturated heterocycles. The van der Waals surface area contributed by atoms with Crippen molar-refractivity contribution in [2.45, 2.75) is 18.9 Å². The molecule has 3 amide bonds. The highest BCUT2D eigenvalue weighted by molar-refractivity contribution is 6.11. The highest BCUT2D eigenvalue weighted by atomic mass is 16.3. The van der Waals surface area contributed by atoms with E-state index in [1.165, 1.54) is 11.0 Å². The summed E-state index contributed by atoms with van der Waals surface area (Å²) in [6, 6.07) is 14.8. The smallest absolute Gasteiger partial charge is 0.248 e. The van der Waals surface area contributed by atoms with Gasteiger partial charge in [0, 0.05) is 6.42 Å². The Labute approximate surface area is 174 Å². The zero-order valence-electron chi connectivity index (χ0n) is 16.3. The fourth-order valence-electron chi connectivity index (χ4n) is 5.17. The van der Waals surface area contributed by atoms with Crippen molar-refractivity contribution in [1.29, 1.82) is 0 Å². The number of aromatic hydroxyl groups is 1. The molecule has 5 atom stereocenters. The van der Waals surface area contributed by atoms with Gasteiger partial charge in [0.05, 0.1) is 17.5 Å². The van der Waals surface area contributed by atoms with E-state index in [1.807, 2.05) is 42.5 Å². The molecular weight excluding hydrogens is 380 g/mol. The van der Waals surface area contributed by atoms with E-state index in [4.69, 9.17) is 0 Å². The normalized spacial score (nSPS) is 27.4. The molecular formula is C24H22N2O4. The molecule has 2 bridgehead atoms. The third-order valence-corrected chi connectivity index (χ3v) is 6.55. The fraction of sp³-hybridized carbons (Fsp3) is 0.292. The number of fused-ring (bicyclic) bond motifs is 5. The zero-order chi connectivity index (χ0) is 20.8. The van der Waals surface area contributed by atoms with E-state index in [0.717, 1.165) is 12.0 Å². The van der Waals surface area contributed by atoms with Crippen molar-refractivity contribution in [1.82, 2.24) is 4.90 Å². The Morgan fingerprint density at radius 1 is 0.967 bits per heavy atom. The summed E-state index contributed by atoms with van der Waals surface area (Å²) in [5.74, 6) is -1.61. The summed E-state index contributed by atoms with van der Waals surface area (Å²) in [7, 11) is 0. The number of likely N-dealkylation sites (tertiary alicyclic amines) is 1. The van der Waals surface area contributed by atoms with Gasteiger partial charge in [-0.15, -0.1) is 0 Å². The van der Waals surface area contributed by atoms with Crippen LogP contribution in [0.1, 0.15) is 12.0 Å². The maximum Gasteiger partial charge on any atom is 0.248 e. The Hall–Kier alpha value is -3.41. The average Bonchev–Trinajstić information content (AvgIpc) is 3.43. The van der Waals surface area contributed by atoms with Crippen molar-refractivity contribution in [2.75, 3.05) is 5.32 Å². The monoisotopic (exact) mass is 402 g/mol. The predicted octanol–water partition coefficient (Wildman–Crippen LogP) is 2.75. The number of hydrogen-bond acceptors (Lipinski definition) is 4. The lowest BCUT2D eigenvalue weighted by Gasteiger charge is -2.27. The molecule has 0 spiro atoms. The fourth-order valence-corrected chi connectivity index (χ4v) is 5.17. The van der Waals surface area contributed by atoms with Crippen LogP contribution in [0.4, 0.5) is 5.69 Å². The average molecular weight is 402 g/mol. The molecule has 2 fully saturated rings. The number of nitrogens with one attached hydrogen (secondary N) is 1. The molecule has 152 valence electrons. The number of benzene rings is 2. The van der Waals surface area contributed by atoms with Crippen molar-refractivity contribution in [3.05, 3.63) is 72.3 Å². The highest BCUT2D eigenvalue weighted by Gasteiger charge is 2.61. The van der Waals surface area contributed by atoms with Gasteiger partial charge in [0.2, 0.25) is 17.7 Å². The number of carbonyl (C=O) groups is 3. The molecule has 6 heteroatoms. The molecule has 2 N–H and O–H groups in total. The van der Waals surface area contributed by atoms with E-state index in [-0.39, 0.29) is 53.3 Å². The van der Waals surface area contributed by atoms with Crippen LogP contribution in [-0.4, -0.2) is 33.8 Å². The van der Waals surface area contributed by atoms with Gasteiger partial charge in [0.15, 0.2) is 0 Å². The van der Waals surface area contributed by atoms with Crippen molar-refractivity contribution in [2.24, 2.45) is 23.7 Å². The molecule has 0 aromatic heterocycles. The van der Waals surface area contributed by atoms with E-state index < -0.39 is 11.9 Å². The van der Waals surface area contributed by atoms with Crippen LogP contribution >= 0.6 is 0 Å². The third-order valence-electron chi connectivity index (χ3n) is 6.55. The van der Waals surface area contributed by atoms with Gasteiger partial charge in [-0.2, -0.15) is 0 Å². The van der Waals surface area contributed by atoms with Crippen LogP contribution in [0.5, 0.6) is 5.75 Å². The van der Waals surface area contributed by atoms with Crippen LogP contribution in [-0.2, 0) is 20.8 Å². The molecule has 0 radical (unpaired) electrons. The second kappa shape index (κ2) is 7.13. The van der Waals surface area contributed by atoms with E-state index in [0.29, 0.717) is 0 Å². The first-order valence-electron chi connectivity index (χ1n) is 10.2. The number of nitrogens with zero attached hydrogens (tertiary/aromatic N) is 1. The number of carbonyl (C=O) groups excluding carboxylic acids is 3. The minimum absolute atomic E-state index is 0.0671. The summed E-state index contributed by atoms with van der Waals surface area (Å²) >= 11 is 0. The molecule has 0 unspecified atom stereocenters. The van der Waals surface area contributed by atoms with Gasteiger partial charge in [0.1, 0.15) is 11.8 Å². The number of imide groups is 1. The van der Waals surface area contributed by atoms with Gasteiger partial charge in [-0.05, 0) is 36.0 Å². The number of rotatable bonds is 5. The number of para-hydroxylation sites is 2. The summed E-state index contributed by atoms with van der Waals surface area (Å²) < 4.78 is 0. The van der Waals surface area contributed by atoms with Gasteiger partial charge < -0.3 is 10.4 Å². The Balaban J connectivity index is 1.47. The number of phenols is 1. The second-order valence-electron chi connectivity index (χ2n) is 8.26. The largest absolute Gasteiger partial charge is 0.506 e. The molecule has 3 aliphatic rings. The minimum Gasteiger partial charge on any atom is -0.506 e. The first-order chi connectivity index (χ1) is 14.5. The van der Waals surface area contributed by atoms with Crippen LogP contribution in [0.3, 0.4) is 0 Å². The molecule has 1 heterocycles. The van der Waals surface area contributed by atoms with E-state index in [9.17, 15) is 19.5 Å². The zero-order valence-corrected chi connectivity index (χ0v) is 16.3. The number of hydrogen-bond donors (Lipinski definition) is 2. The van der Waals surface area contributed by atoms with Crippen molar-refractivity contribution in [3.63, 3.8) is 0 Å². The Bertz CT molecular complexity index is 1020. The minimum atomic E-state index is -0.975. The number of phenolic OH excluding ortho intramolecular Hbond substituents is 1. The van der Waals surface area contributed by atoms with Gasteiger partial charge in [0.25, 0.3) is 0 Å². The first kappa shape index (κ1) is 18.6. The highest BCUT2D eigenvalue weighted by Crippen LogP contribution is 2.53. The molecule has 1 saturated carbocycles. The SMILES string of the molecule is O=C(Nc1ccccc1O)[C@H](Cc1ccccc1)N1C(=O)[C@H]2[C@H](C1=O)[C@H]1C=C[C@H]2C1. The van der Waals surface area contributed by atoms with Crippen LogP contribution in [0.2, 0.25) is 0 Å². The Morgan fingerprint density at radius 3 is 2.20 bits per heavy atom. The lowest BCUT2D eigenvalue weighted by molar-refractivity contribution is -0.147. The summed E-state index contributed by atoms with van der Waals surface area (Å²) in [6.45, 7) is 0. The first-order valence-corrected chi connectivity index (χ1v) is 10.2. The molecule has 2 aliphatic carbocycles. The number of anilines is 1. The molecule has 1 aliphatic heterocycles. The predicted molar refractivity (Wildman–Crippen MR) is 110 cm³/mol. The molecule has 2 aromatic carbocycles. The summed E-state index contributed by atoms with van der Waals surface area (Å²) in [5.41, 5.74) is 1.11. The topological polar surface area (TPSA) is 86.7 Å². The number of amides is 3. The standard InChI is InChI=1S/C24H22N2O4/c27-19-9-5-4-8-17(19)25-22(28)18(12-14-6-2-1-3-7-14)26-23(29)20-15-10-11-16(13-15)21(20)24(26)30/h1-11,15-16,18,20-21,27H,12-13H2,(H,25,28)/t15-,16-,18-,20+,21+/m0/s1. The molecule has 5 rings (SSSR count). The van der Waals surface area contributed by atoms with E-state index in [1.54, 1.807) is 18.2 Å². The van der Waals surface area contributed by atoms with E-state index in [2.05, 4.69) is 5.32 Å². The van der Waals surface area contributed by atoms with Crippen molar-refractivity contribution in [3.8, 4) is 5.75 Å². The Morgan fingerprint density at radius 2 is 1.57 bits per heavy atom. The van der Waals surface area contributed by atoms with Crippen LogP contribution < -0.4 is 5.32 Å². The third kappa shape index (κ3) is 2.91. The maximum atomic E-state index is 13.3. The maximum absolute atomic E-state index is 13.3. The molecule has 30 heavy (non-hydrogen) atoms. The summed E-state index contributed by atoms with van der Waals surface area (Å²) in [4.78, 5) is 41.0. The molecule has 6 nitrogen and oxygen atoms in total. The van der Waals surface area contributed by atoms with Crippen LogP contribution in [0.15, 0.2) is 66.7 Å². The van der Waals surface area contributed by atoms with Gasteiger partial charge in [-0.3, -0.25) is 19.3 Å². The summed E-state index contributed by atoms with van der Waals surface area (Å²) in [6.07, 6.45) is 5.14.